The maximum atomic E-state index is 9.87. The minimum absolute atomic E-state index is 0.488. The van der Waals surface area contributed by atoms with Crippen molar-refractivity contribution in [2.45, 2.75) is 44.6 Å². The van der Waals surface area contributed by atoms with Crippen LogP contribution in [0.15, 0.2) is 24.3 Å². The van der Waals surface area contributed by atoms with E-state index in [1.165, 1.54) is 0 Å². The summed E-state index contributed by atoms with van der Waals surface area (Å²) in [5.74, 6) is 0. The van der Waals surface area contributed by atoms with Gasteiger partial charge in [0.15, 0.2) is 0 Å². The average molecular weight is 166 g/mol. The zero-order valence-corrected chi connectivity index (χ0v) is 7.79. The van der Waals surface area contributed by atoms with Gasteiger partial charge in [0.1, 0.15) is 0 Å². The fourth-order valence-corrected chi connectivity index (χ4v) is 1.55. The minimum atomic E-state index is -0.488. The summed E-state index contributed by atoms with van der Waals surface area (Å²) in [5, 5.41) is 9.87. The van der Waals surface area contributed by atoms with Gasteiger partial charge in [0.25, 0.3) is 0 Å². The molecule has 0 aromatic heterocycles. The third kappa shape index (κ3) is 2.82. The second kappa shape index (κ2) is 4.46. The lowest BCUT2D eigenvalue weighted by Crippen LogP contribution is -2.21. The second-order valence-corrected chi connectivity index (χ2v) is 3.46. The molecule has 1 aliphatic carbocycles. The number of rotatable bonds is 4. The van der Waals surface area contributed by atoms with E-state index in [2.05, 4.69) is 25.2 Å². The lowest BCUT2D eigenvalue weighted by Gasteiger charge is -2.18. The summed E-state index contributed by atoms with van der Waals surface area (Å²) in [6, 6.07) is 0. The van der Waals surface area contributed by atoms with E-state index in [-0.39, 0.29) is 0 Å². The van der Waals surface area contributed by atoms with Crippen molar-refractivity contribution in [3.05, 3.63) is 24.3 Å². The van der Waals surface area contributed by atoms with Crippen LogP contribution in [0.5, 0.6) is 0 Å². The molecule has 0 aliphatic heterocycles. The average Bonchev–Trinajstić information content (AvgIpc) is 2.47. The first-order valence-corrected chi connectivity index (χ1v) is 4.82. The highest BCUT2D eigenvalue weighted by Gasteiger charge is 2.24. The summed E-state index contributed by atoms with van der Waals surface area (Å²) in [6.45, 7) is 2.13. The summed E-state index contributed by atoms with van der Waals surface area (Å²) in [6.07, 6.45) is 13.2. The fraction of sp³-hybridized carbons (Fsp3) is 0.636. The Bertz CT molecular complexity index is 181. The second-order valence-electron chi connectivity index (χ2n) is 3.46. The van der Waals surface area contributed by atoms with Crippen molar-refractivity contribution < 1.29 is 5.11 Å². The molecule has 12 heavy (non-hydrogen) atoms. The molecule has 1 nitrogen and oxygen atoms in total. The Morgan fingerprint density at radius 1 is 1.50 bits per heavy atom. The molecule has 0 aromatic rings. The molecule has 1 unspecified atom stereocenters. The number of hydrogen-bond donors (Lipinski definition) is 1. The zero-order chi connectivity index (χ0) is 8.86. The molecule has 1 atom stereocenters. The van der Waals surface area contributed by atoms with Gasteiger partial charge >= 0.3 is 0 Å². The largest absolute Gasteiger partial charge is 0.386 e. The van der Waals surface area contributed by atoms with Crippen molar-refractivity contribution in [1.29, 1.82) is 0 Å². The van der Waals surface area contributed by atoms with Crippen LogP contribution in [0, 0.1) is 0 Å². The van der Waals surface area contributed by atoms with Gasteiger partial charge in [0.2, 0.25) is 0 Å². The molecule has 68 valence electrons. The van der Waals surface area contributed by atoms with Gasteiger partial charge < -0.3 is 5.11 Å². The number of allylic oxidation sites excluding steroid dienone is 3. The molecular weight excluding hydrogens is 148 g/mol. The number of aliphatic hydroxyl groups is 1. The van der Waals surface area contributed by atoms with Gasteiger partial charge in [0, 0.05) is 0 Å². The molecule has 0 aromatic carbocycles. The van der Waals surface area contributed by atoms with E-state index in [0.717, 1.165) is 32.1 Å². The predicted octanol–water partition coefficient (Wildman–Crippen LogP) is 2.81. The molecule has 0 amide bonds. The lowest BCUT2D eigenvalue weighted by atomic mass is 9.97. The first-order valence-electron chi connectivity index (χ1n) is 4.82. The van der Waals surface area contributed by atoms with Crippen LogP contribution in [0.2, 0.25) is 0 Å². The van der Waals surface area contributed by atoms with E-state index < -0.39 is 5.60 Å². The van der Waals surface area contributed by atoms with Crippen LogP contribution >= 0.6 is 0 Å². The van der Waals surface area contributed by atoms with Gasteiger partial charge in [-0.2, -0.15) is 0 Å². The quantitative estimate of drug-likeness (QED) is 0.637. The summed E-state index contributed by atoms with van der Waals surface area (Å²) >= 11 is 0. The van der Waals surface area contributed by atoms with Crippen LogP contribution < -0.4 is 0 Å². The molecule has 0 heterocycles. The Kier molecular flexibility index (Phi) is 3.54. The van der Waals surface area contributed by atoms with E-state index >= 15 is 0 Å². The normalized spacial score (nSPS) is 28.8. The third-order valence-electron chi connectivity index (χ3n) is 2.32. The third-order valence-corrected chi connectivity index (χ3v) is 2.32. The van der Waals surface area contributed by atoms with Crippen molar-refractivity contribution in [3.63, 3.8) is 0 Å². The first kappa shape index (κ1) is 9.53. The van der Waals surface area contributed by atoms with E-state index in [4.69, 9.17) is 0 Å². The molecule has 0 radical (unpaired) electrons. The van der Waals surface area contributed by atoms with Crippen molar-refractivity contribution in [2.75, 3.05) is 0 Å². The highest BCUT2D eigenvalue weighted by molar-refractivity contribution is 5.08. The standard InChI is InChI=1S/C11H18O/c1-2-3-4-5-8-11(12)9-6-7-10-11/h3-4,6,9,12H,2,5,7-8,10H2,1H3/b4-3-. The molecule has 1 aliphatic rings. The smallest absolute Gasteiger partial charge is 0.0833 e. The van der Waals surface area contributed by atoms with Crippen LogP contribution in [0.4, 0.5) is 0 Å². The van der Waals surface area contributed by atoms with Crippen molar-refractivity contribution in [2.24, 2.45) is 0 Å². The van der Waals surface area contributed by atoms with Crippen molar-refractivity contribution >= 4 is 0 Å². The number of hydrogen-bond acceptors (Lipinski definition) is 1. The first-order chi connectivity index (χ1) is 5.77. The van der Waals surface area contributed by atoms with Crippen LogP contribution in [0.3, 0.4) is 0 Å². The van der Waals surface area contributed by atoms with Gasteiger partial charge in [-0.25, -0.2) is 0 Å². The zero-order valence-electron chi connectivity index (χ0n) is 7.79. The Morgan fingerprint density at radius 3 is 2.92 bits per heavy atom. The van der Waals surface area contributed by atoms with Gasteiger partial charge in [-0.1, -0.05) is 31.2 Å². The maximum Gasteiger partial charge on any atom is 0.0833 e. The fourth-order valence-electron chi connectivity index (χ4n) is 1.55. The highest BCUT2D eigenvalue weighted by Crippen LogP contribution is 2.27. The SMILES string of the molecule is CC/C=C\CCC1(O)C=CCC1. The van der Waals surface area contributed by atoms with Crippen LogP contribution in [-0.2, 0) is 0 Å². The minimum Gasteiger partial charge on any atom is -0.386 e. The Hall–Kier alpha value is -0.560. The van der Waals surface area contributed by atoms with Crippen LogP contribution in [0.1, 0.15) is 39.0 Å². The molecule has 0 saturated heterocycles. The van der Waals surface area contributed by atoms with Gasteiger partial charge in [-0.3, -0.25) is 0 Å². The molecule has 0 fully saturated rings. The summed E-state index contributed by atoms with van der Waals surface area (Å²) in [5.41, 5.74) is -0.488. The van der Waals surface area contributed by atoms with Crippen molar-refractivity contribution in [3.8, 4) is 0 Å². The molecular formula is C11H18O. The van der Waals surface area contributed by atoms with E-state index in [1.54, 1.807) is 0 Å². The monoisotopic (exact) mass is 166 g/mol. The van der Waals surface area contributed by atoms with Crippen LogP contribution in [0.25, 0.3) is 0 Å². The Balaban J connectivity index is 2.22. The summed E-state index contributed by atoms with van der Waals surface area (Å²) in [7, 11) is 0. The Labute approximate surface area is 74.8 Å². The van der Waals surface area contributed by atoms with Gasteiger partial charge in [-0.05, 0) is 32.1 Å². The Morgan fingerprint density at radius 2 is 2.33 bits per heavy atom. The van der Waals surface area contributed by atoms with Crippen LogP contribution in [-0.4, -0.2) is 10.7 Å². The van der Waals surface area contributed by atoms with Gasteiger partial charge in [-0.15, -0.1) is 0 Å². The van der Waals surface area contributed by atoms with Crippen molar-refractivity contribution in [1.82, 2.24) is 0 Å². The molecule has 1 heteroatoms. The molecule has 0 spiro atoms. The van der Waals surface area contributed by atoms with E-state index in [1.807, 2.05) is 6.08 Å². The highest BCUT2D eigenvalue weighted by atomic mass is 16.3. The molecule has 0 saturated carbocycles. The van der Waals surface area contributed by atoms with E-state index in [0.29, 0.717) is 0 Å². The lowest BCUT2D eigenvalue weighted by molar-refractivity contribution is 0.0826. The molecule has 0 bridgehead atoms. The predicted molar refractivity (Wildman–Crippen MR) is 52.0 cm³/mol. The summed E-state index contributed by atoms with van der Waals surface area (Å²) in [4.78, 5) is 0. The van der Waals surface area contributed by atoms with Gasteiger partial charge in [0.05, 0.1) is 5.60 Å². The summed E-state index contributed by atoms with van der Waals surface area (Å²) < 4.78 is 0. The molecule has 1 rings (SSSR count). The maximum absolute atomic E-state index is 9.87. The molecule has 1 N–H and O–H groups in total. The topological polar surface area (TPSA) is 20.2 Å². The van der Waals surface area contributed by atoms with E-state index in [9.17, 15) is 5.11 Å².